The molecule has 0 bridgehead atoms. The Labute approximate surface area is 143 Å². The molecule has 2 aromatic rings. The highest BCUT2D eigenvalue weighted by atomic mass is 16.3. The number of aliphatic hydroxyl groups is 2. The van der Waals surface area contributed by atoms with E-state index in [4.69, 9.17) is 0 Å². The molecule has 4 nitrogen and oxygen atoms in total. The maximum atomic E-state index is 12.5. The highest BCUT2D eigenvalue weighted by Gasteiger charge is 2.16. The molecule has 24 heavy (non-hydrogen) atoms. The van der Waals surface area contributed by atoms with Crippen LogP contribution in [0, 0.1) is 0 Å². The summed E-state index contributed by atoms with van der Waals surface area (Å²) in [5.41, 5.74) is 1.70. The first kappa shape index (κ1) is 18.2. The van der Waals surface area contributed by atoms with Crippen molar-refractivity contribution in [2.24, 2.45) is 0 Å². The van der Waals surface area contributed by atoms with Crippen LogP contribution in [0.5, 0.6) is 0 Å². The Kier molecular flexibility index (Phi) is 6.12. The molecule has 2 rings (SSSR count). The largest absolute Gasteiger partial charge is 0.394 e. The third-order valence-corrected chi connectivity index (χ3v) is 3.90. The third-order valence-electron chi connectivity index (χ3n) is 3.90. The fourth-order valence-electron chi connectivity index (χ4n) is 2.48. The van der Waals surface area contributed by atoms with E-state index in [9.17, 15) is 15.0 Å². The van der Waals surface area contributed by atoms with E-state index in [0.717, 1.165) is 11.1 Å². The lowest BCUT2D eigenvalue weighted by molar-refractivity contribution is 0.0714. The van der Waals surface area contributed by atoms with Gasteiger partial charge < -0.3 is 15.5 Å². The summed E-state index contributed by atoms with van der Waals surface area (Å²) in [5.74, 6) is -0.219. The maximum Gasteiger partial charge on any atom is 0.251 e. The van der Waals surface area contributed by atoms with Gasteiger partial charge in [-0.15, -0.1) is 0 Å². The quantitative estimate of drug-likeness (QED) is 0.732. The summed E-state index contributed by atoms with van der Waals surface area (Å²) in [6.07, 6.45) is 1.33. The number of rotatable bonds is 7. The molecule has 3 N–H and O–H groups in total. The molecule has 4 heteroatoms. The molecule has 0 fully saturated rings. The zero-order chi connectivity index (χ0) is 17.6. The predicted molar refractivity (Wildman–Crippen MR) is 94.8 cm³/mol. The van der Waals surface area contributed by atoms with Crippen LogP contribution in [-0.4, -0.2) is 28.3 Å². The van der Waals surface area contributed by atoms with Crippen molar-refractivity contribution in [1.29, 1.82) is 0 Å². The zero-order valence-corrected chi connectivity index (χ0v) is 14.2. The predicted octanol–water partition coefficient (Wildman–Crippen LogP) is 2.85. The van der Waals surface area contributed by atoms with Gasteiger partial charge in [-0.05, 0) is 49.9 Å². The van der Waals surface area contributed by atoms with Crippen LogP contribution in [0.3, 0.4) is 0 Å². The van der Waals surface area contributed by atoms with Crippen LogP contribution in [0.4, 0.5) is 0 Å². The lowest BCUT2D eigenvalue weighted by Crippen LogP contribution is -2.30. The first-order valence-corrected chi connectivity index (χ1v) is 8.17. The number of benzene rings is 2. The van der Waals surface area contributed by atoms with Crippen LogP contribution in [0.2, 0.25) is 0 Å². The second kappa shape index (κ2) is 8.08. The summed E-state index contributed by atoms with van der Waals surface area (Å²) in [4.78, 5) is 12.5. The lowest BCUT2D eigenvalue weighted by Gasteiger charge is -2.18. The van der Waals surface area contributed by atoms with E-state index >= 15 is 0 Å². The molecule has 0 spiro atoms. The normalized spacial score (nSPS) is 12.7. The van der Waals surface area contributed by atoms with Gasteiger partial charge in [-0.3, -0.25) is 4.79 Å². The van der Waals surface area contributed by atoms with Gasteiger partial charge in [-0.25, -0.2) is 0 Å². The lowest BCUT2D eigenvalue weighted by atomic mass is 9.97. The summed E-state index contributed by atoms with van der Waals surface area (Å²) in [6.45, 7) is 3.39. The van der Waals surface area contributed by atoms with Crippen molar-refractivity contribution in [3.63, 3.8) is 0 Å². The fourth-order valence-corrected chi connectivity index (χ4v) is 2.48. The number of hydrogen-bond donors (Lipinski definition) is 3. The van der Waals surface area contributed by atoms with Gasteiger partial charge in [0.05, 0.1) is 18.2 Å². The van der Waals surface area contributed by atoms with Crippen LogP contribution in [0.25, 0.3) is 0 Å². The molecule has 0 saturated heterocycles. The Morgan fingerprint density at radius 1 is 1.12 bits per heavy atom. The molecule has 128 valence electrons. The summed E-state index contributed by atoms with van der Waals surface area (Å²) in [6, 6.07) is 16.3. The monoisotopic (exact) mass is 327 g/mol. The highest BCUT2D eigenvalue weighted by Crippen LogP contribution is 2.16. The molecule has 0 unspecified atom stereocenters. The molecule has 0 saturated carbocycles. The number of aliphatic hydroxyl groups excluding tert-OH is 1. The maximum absolute atomic E-state index is 12.5. The van der Waals surface area contributed by atoms with Gasteiger partial charge in [0, 0.05) is 5.56 Å². The minimum absolute atomic E-state index is 0.159. The molecule has 0 heterocycles. The molecular weight excluding hydrogens is 302 g/mol. The summed E-state index contributed by atoms with van der Waals surface area (Å²) in [7, 11) is 0. The first-order chi connectivity index (χ1) is 11.4. The Morgan fingerprint density at radius 3 is 2.46 bits per heavy atom. The first-order valence-electron chi connectivity index (χ1n) is 8.17. The molecule has 1 amide bonds. The van der Waals surface area contributed by atoms with Gasteiger partial charge in [0.2, 0.25) is 0 Å². The van der Waals surface area contributed by atoms with Crippen LogP contribution >= 0.6 is 0 Å². The van der Waals surface area contributed by atoms with Crippen molar-refractivity contribution in [3.8, 4) is 0 Å². The van der Waals surface area contributed by atoms with Crippen LogP contribution in [0.15, 0.2) is 54.6 Å². The summed E-state index contributed by atoms with van der Waals surface area (Å²) < 4.78 is 0. The second-order valence-corrected chi connectivity index (χ2v) is 6.63. The van der Waals surface area contributed by atoms with E-state index in [0.29, 0.717) is 18.4 Å². The van der Waals surface area contributed by atoms with Crippen molar-refractivity contribution in [1.82, 2.24) is 5.32 Å². The SMILES string of the molecule is CC(C)(O)CCc1cccc(C(=O)N[C@H](CO)c2ccccc2)c1. The average Bonchev–Trinajstić information content (AvgIpc) is 2.58. The van der Waals surface area contributed by atoms with Crippen molar-refractivity contribution < 1.29 is 15.0 Å². The Hall–Kier alpha value is -2.17. The summed E-state index contributed by atoms with van der Waals surface area (Å²) >= 11 is 0. The van der Waals surface area contributed by atoms with Crippen LogP contribution < -0.4 is 5.32 Å². The standard InChI is InChI=1S/C20H25NO3/c1-20(2,24)12-11-15-7-6-10-17(13-15)19(23)21-18(14-22)16-8-4-3-5-9-16/h3-10,13,18,22,24H,11-12,14H2,1-2H3,(H,21,23)/t18-/m1/s1. The van der Waals surface area contributed by atoms with Gasteiger partial charge in [-0.2, -0.15) is 0 Å². The number of hydrogen-bond acceptors (Lipinski definition) is 3. The van der Waals surface area contributed by atoms with Crippen molar-refractivity contribution >= 4 is 5.91 Å². The number of carbonyl (C=O) groups is 1. The van der Waals surface area contributed by atoms with Gasteiger partial charge in [0.1, 0.15) is 0 Å². The minimum Gasteiger partial charge on any atom is -0.394 e. The average molecular weight is 327 g/mol. The van der Waals surface area contributed by atoms with E-state index < -0.39 is 11.6 Å². The van der Waals surface area contributed by atoms with E-state index in [2.05, 4.69) is 5.32 Å². The topological polar surface area (TPSA) is 69.6 Å². The molecule has 0 aliphatic carbocycles. The number of carbonyl (C=O) groups excluding carboxylic acids is 1. The second-order valence-electron chi connectivity index (χ2n) is 6.63. The van der Waals surface area contributed by atoms with Gasteiger partial charge in [-0.1, -0.05) is 42.5 Å². The third kappa shape index (κ3) is 5.48. The Morgan fingerprint density at radius 2 is 1.83 bits per heavy atom. The minimum atomic E-state index is -0.729. The molecular formula is C20H25NO3. The zero-order valence-electron chi connectivity index (χ0n) is 14.2. The molecule has 0 aliphatic heterocycles. The van der Waals surface area contributed by atoms with Crippen molar-refractivity contribution in [2.75, 3.05) is 6.61 Å². The van der Waals surface area contributed by atoms with Gasteiger partial charge in [0.25, 0.3) is 5.91 Å². The van der Waals surface area contributed by atoms with E-state index in [1.54, 1.807) is 19.9 Å². The Balaban J connectivity index is 2.06. The molecule has 0 aromatic heterocycles. The highest BCUT2D eigenvalue weighted by molar-refractivity contribution is 5.94. The van der Waals surface area contributed by atoms with Crippen molar-refractivity contribution in [3.05, 3.63) is 71.3 Å². The van der Waals surface area contributed by atoms with Crippen LogP contribution in [0.1, 0.15) is 47.8 Å². The van der Waals surface area contributed by atoms with Gasteiger partial charge >= 0.3 is 0 Å². The van der Waals surface area contributed by atoms with Gasteiger partial charge in [0.15, 0.2) is 0 Å². The number of nitrogens with one attached hydrogen (secondary N) is 1. The number of aryl methyl sites for hydroxylation is 1. The molecule has 2 aromatic carbocycles. The molecule has 1 atom stereocenters. The molecule has 0 aliphatic rings. The number of amides is 1. The smallest absolute Gasteiger partial charge is 0.251 e. The van der Waals surface area contributed by atoms with Crippen LogP contribution in [-0.2, 0) is 6.42 Å². The summed E-state index contributed by atoms with van der Waals surface area (Å²) in [5, 5.41) is 22.2. The van der Waals surface area contributed by atoms with E-state index in [1.165, 1.54) is 0 Å². The van der Waals surface area contributed by atoms with E-state index in [1.807, 2.05) is 48.5 Å². The van der Waals surface area contributed by atoms with E-state index in [-0.39, 0.29) is 12.5 Å². The Bertz CT molecular complexity index is 662. The molecule has 0 radical (unpaired) electrons. The van der Waals surface area contributed by atoms with Crippen molar-refractivity contribution in [2.45, 2.75) is 38.3 Å². The fraction of sp³-hybridized carbons (Fsp3) is 0.350.